The maximum atomic E-state index is 12.4. The van der Waals surface area contributed by atoms with Crippen molar-refractivity contribution in [1.29, 1.82) is 0 Å². The molecule has 1 unspecified atom stereocenters. The Morgan fingerprint density at radius 1 is 1.31 bits per heavy atom. The molecule has 0 bridgehead atoms. The first-order chi connectivity index (χ1) is 12.1. The molecule has 1 amide bonds. The Morgan fingerprint density at radius 2 is 2.00 bits per heavy atom. The second-order valence-electron chi connectivity index (χ2n) is 6.72. The van der Waals surface area contributed by atoms with Crippen LogP contribution in [0, 0.1) is 5.92 Å². The Hall–Kier alpha value is -2.05. The van der Waals surface area contributed by atoms with Gasteiger partial charge in [0.05, 0.1) is 12.0 Å². The summed E-state index contributed by atoms with van der Waals surface area (Å²) in [5, 5.41) is 13.3. The lowest BCUT2D eigenvalue weighted by Crippen LogP contribution is -2.49. The summed E-state index contributed by atoms with van der Waals surface area (Å²) in [6.07, 6.45) is 4.01. The van der Waals surface area contributed by atoms with Crippen LogP contribution in [0.25, 0.3) is 10.9 Å². The van der Waals surface area contributed by atoms with E-state index in [0.717, 1.165) is 11.9 Å². The number of carboxylic acids is 1. The number of nitrogens with zero attached hydrogens (tertiary/aromatic N) is 1. The summed E-state index contributed by atoms with van der Waals surface area (Å²) in [4.78, 5) is 28.7. The molecular formula is C19H26ClN3O3. The van der Waals surface area contributed by atoms with Gasteiger partial charge in [0.1, 0.15) is 0 Å². The highest BCUT2D eigenvalue weighted by Crippen LogP contribution is 2.20. The molecule has 26 heavy (non-hydrogen) atoms. The van der Waals surface area contributed by atoms with Crippen LogP contribution in [0.15, 0.2) is 30.5 Å². The molecule has 1 aromatic heterocycles. The van der Waals surface area contributed by atoms with E-state index in [1.807, 2.05) is 31.3 Å². The third kappa shape index (κ3) is 4.56. The topological polar surface area (TPSA) is 85.4 Å². The summed E-state index contributed by atoms with van der Waals surface area (Å²) in [6, 6.07) is 7.91. The second kappa shape index (κ2) is 9.05. The number of nitrogens with one attached hydrogen (secondary N) is 2. The number of piperidine rings is 1. The number of rotatable bonds is 6. The van der Waals surface area contributed by atoms with Crippen LogP contribution < -0.4 is 5.32 Å². The smallest absolute Gasteiger partial charge is 0.306 e. The first-order valence-electron chi connectivity index (χ1n) is 8.86. The first-order valence-corrected chi connectivity index (χ1v) is 8.86. The van der Waals surface area contributed by atoms with Crippen molar-refractivity contribution in [2.75, 3.05) is 19.6 Å². The molecule has 7 heteroatoms. The van der Waals surface area contributed by atoms with E-state index in [1.165, 1.54) is 10.9 Å². The number of halogens is 1. The minimum atomic E-state index is -0.726. The SMILES string of the molecule is CC(C(=O)NCCc1c[nH]c2ccccc12)N1CCC(C(=O)O)CC1.Cl. The number of amides is 1. The van der Waals surface area contributed by atoms with Gasteiger partial charge < -0.3 is 15.4 Å². The Labute approximate surface area is 159 Å². The number of benzene rings is 1. The Morgan fingerprint density at radius 3 is 2.69 bits per heavy atom. The van der Waals surface area contributed by atoms with Crippen molar-refractivity contribution >= 4 is 35.2 Å². The van der Waals surface area contributed by atoms with E-state index in [9.17, 15) is 9.59 Å². The van der Waals surface area contributed by atoms with Crippen LogP contribution in [-0.2, 0) is 16.0 Å². The number of para-hydroxylation sites is 1. The quantitative estimate of drug-likeness (QED) is 0.719. The van der Waals surface area contributed by atoms with Gasteiger partial charge in [-0.2, -0.15) is 0 Å². The number of aromatic amines is 1. The van der Waals surface area contributed by atoms with Gasteiger partial charge in [-0.1, -0.05) is 18.2 Å². The Bertz CT molecular complexity index is 753. The number of hydrogen-bond donors (Lipinski definition) is 3. The van der Waals surface area contributed by atoms with Crippen LogP contribution in [0.1, 0.15) is 25.3 Å². The average Bonchev–Trinajstić information content (AvgIpc) is 3.04. The van der Waals surface area contributed by atoms with Crippen molar-refractivity contribution in [3.63, 3.8) is 0 Å². The number of carbonyl (C=O) groups is 2. The van der Waals surface area contributed by atoms with Crippen molar-refractivity contribution in [3.05, 3.63) is 36.0 Å². The number of fused-ring (bicyclic) bond motifs is 1. The number of likely N-dealkylation sites (tertiary alicyclic amines) is 1. The molecule has 142 valence electrons. The molecule has 1 aromatic carbocycles. The molecule has 0 aliphatic carbocycles. The largest absolute Gasteiger partial charge is 0.481 e. The molecule has 3 N–H and O–H groups in total. The molecule has 0 radical (unpaired) electrons. The molecule has 2 heterocycles. The molecule has 1 aliphatic heterocycles. The summed E-state index contributed by atoms with van der Waals surface area (Å²) < 4.78 is 0. The van der Waals surface area contributed by atoms with Gasteiger partial charge in [-0.15, -0.1) is 12.4 Å². The molecule has 2 aromatic rings. The van der Waals surface area contributed by atoms with Crippen LogP contribution in [0.3, 0.4) is 0 Å². The van der Waals surface area contributed by atoms with E-state index < -0.39 is 5.97 Å². The molecule has 1 atom stereocenters. The minimum Gasteiger partial charge on any atom is -0.481 e. The van der Waals surface area contributed by atoms with Gasteiger partial charge in [0, 0.05) is 23.6 Å². The molecule has 1 aliphatic rings. The maximum absolute atomic E-state index is 12.4. The van der Waals surface area contributed by atoms with Crippen LogP contribution >= 0.6 is 12.4 Å². The Kier molecular flexibility index (Phi) is 7.06. The first kappa shape index (κ1) is 20.3. The van der Waals surface area contributed by atoms with E-state index >= 15 is 0 Å². The van der Waals surface area contributed by atoms with Crippen molar-refractivity contribution in [2.45, 2.75) is 32.2 Å². The third-order valence-electron chi connectivity index (χ3n) is 5.17. The minimum absolute atomic E-state index is 0. The average molecular weight is 380 g/mol. The fraction of sp³-hybridized carbons (Fsp3) is 0.474. The number of carbonyl (C=O) groups excluding carboxylic acids is 1. The summed E-state index contributed by atoms with van der Waals surface area (Å²) in [6.45, 7) is 3.81. The summed E-state index contributed by atoms with van der Waals surface area (Å²) >= 11 is 0. The summed E-state index contributed by atoms with van der Waals surface area (Å²) in [5.74, 6) is -0.988. The number of H-pyrrole nitrogens is 1. The standard InChI is InChI=1S/C19H25N3O3.ClH/c1-13(22-10-7-14(8-11-22)19(24)25)18(23)20-9-6-15-12-21-17-5-3-2-4-16(15)17;/h2-5,12-14,21H,6-11H2,1H3,(H,20,23)(H,24,25);1H. The number of aliphatic carboxylic acids is 1. The highest BCUT2D eigenvalue weighted by molar-refractivity contribution is 5.85. The van der Waals surface area contributed by atoms with Crippen molar-refractivity contribution in [3.8, 4) is 0 Å². The van der Waals surface area contributed by atoms with Gasteiger partial charge in [-0.3, -0.25) is 14.5 Å². The van der Waals surface area contributed by atoms with Gasteiger partial charge in [0.2, 0.25) is 5.91 Å². The summed E-state index contributed by atoms with van der Waals surface area (Å²) in [5.41, 5.74) is 2.31. The van der Waals surface area contributed by atoms with Crippen LogP contribution in [-0.4, -0.2) is 52.5 Å². The van der Waals surface area contributed by atoms with Crippen molar-refractivity contribution < 1.29 is 14.7 Å². The van der Waals surface area contributed by atoms with Crippen molar-refractivity contribution in [2.24, 2.45) is 5.92 Å². The highest BCUT2D eigenvalue weighted by Gasteiger charge is 2.29. The van der Waals surface area contributed by atoms with Crippen molar-refractivity contribution in [1.82, 2.24) is 15.2 Å². The number of carboxylic acid groups (broad SMARTS) is 1. The molecule has 3 rings (SSSR count). The van der Waals surface area contributed by atoms with Crippen LogP contribution in [0.5, 0.6) is 0 Å². The fourth-order valence-corrected chi connectivity index (χ4v) is 3.51. The lowest BCUT2D eigenvalue weighted by atomic mass is 9.96. The van der Waals surface area contributed by atoms with Gasteiger partial charge >= 0.3 is 5.97 Å². The zero-order chi connectivity index (χ0) is 17.8. The summed E-state index contributed by atoms with van der Waals surface area (Å²) in [7, 11) is 0. The van der Waals surface area contributed by atoms with Gasteiger partial charge in [0.15, 0.2) is 0 Å². The molecule has 0 saturated carbocycles. The lowest BCUT2D eigenvalue weighted by molar-refractivity contribution is -0.143. The molecule has 6 nitrogen and oxygen atoms in total. The van der Waals surface area contributed by atoms with E-state index in [4.69, 9.17) is 5.11 Å². The van der Waals surface area contributed by atoms with Crippen LogP contribution in [0.4, 0.5) is 0 Å². The van der Waals surface area contributed by atoms with Crippen LogP contribution in [0.2, 0.25) is 0 Å². The third-order valence-corrected chi connectivity index (χ3v) is 5.17. The number of hydrogen-bond acceptors (Lipinski definition) is 3. The molecule has 0 spiro atoms. The maximum Gasteiger partial charge on any atom is 0.306 e. The molecule has 1 fully saturated rings. The number of aromatic nitrogens is 1. The van der Waals surface area contributed by atoms with E-state index in [-0.39, 0.29) is 30.3 Å². The normalized spacial score (nSPS) is 16.8. The second-order valence-corrected chi connectivity index (χ2v) is 6.72. The molecule has 1 saturated heterocycles. The Balaban J connectivity index is 0.00000243. The molecular weight excluding hydrogens is 354 g/mol. The lowest BCUT2D eigenvalue weighted by Gasteiger charge is -2.33. The monoisotopic (exact) mass is 379 g/mol. The fourth-order valence-electron chi connectivity index (χ4n) is 3.51. The highest BCUT2D eigenvalue weighted by atomic mass is 35.5. The van der Waals surface area contributed by atoms with Gasteiger partial charge in [-0.05, 0) is 50.9 Å². The van der Waals surface area contributed by atoms with E-state index in [1.54, 1.807) is 0 Å². The van der Waals surface area contributed by atoms with E-state index in [0.29, 0.717) is 32.5 Å². The predicted molar refractivity (Wildman–Crippen MR) is 104 cm³/mol. The van der Waals surface area contributed by atoms with E-state index in [2.05, 4.69) is 21.3 Å². The zero-order valence-corrected chi connectivity index (χ0v) is 15.7. The predicted octanol–water partition coefficient (Wildman–Crippen LogP) is 2.43. The van der Waals surface area contributed by atoms with Gasteiger partial charge in [-0.25, -0.2) is 0 Å². The van der Waals surface area contributed by atoms with Gasteiger partial charge in [0.25, 0.3) is 0 Å². The zero-order valence-electron chi connectivity index (χ0n) is 14.9.